The van der Waals surface area contributed by atoms with Gasteiger partial charge in [-0.15, -0.1) is 0 Å². The second-order valence-electron chi connectivity index (χ2n) is 4.46. The van der Waals surface area contributed by atoms with Crippen LogP contribution in [0.3, 0.4) is 0 Å². The van der Waals surface area contributed by atoms with Gasteiger partial charge in [-0.3, -0.25) is 5.41 Å². The van der Waals surface area contributed by atoms with E-state index in [1.165, 1.54) is 25.4 Å². The lowest BCUT2D eigenvalue weighted by Crippen LogP contribution is -2.09. The van der Waals surface area contributed by atoms with Crippen LogP contribution in [0.25, 0.3) is 0 Å². The van der Waals surface area contributed by atoms with Gasteiger partial charge in [0.15, 0.2) is 9.84 Å². The molecule has 1 heterocycles. The fourth-order valence-electron chi connectivity index (χ4n) is 1.88. The van der Waals surface area contributed by atoms with Gasteiger partial charge in [0.2, 0.25) is 5.88 Å². The van der Waals surface area contributed by atoms with E-state index in [1.807, 2.05) is 0 Å². The van der Waals surface area contributed by atoms with Crippen molar-refractivity contribution < 1.29 is 13.2 Å². The van der Waals surface area contributed by atoms with Gasteiger partial charge in [-0.05, 0) is 18.2 Å². The summed E-state index contributed by atoms with van der Waals surface area (Å²) in [5.74, 6) is 0.257. The highest BCUT2D eigenvalue weighted by Gasteiger charge is 2.16. The number of nitrogen functional groups attached to an aromatic ring is 1. The van der Waals surface area contributed by atoms with E-state index >= 15 is 0 Å². The maximum Gasteiger partial charge on any atom is 0.224 e. The third kappa shape index (κ3) is 3.03. The number of rotatable bonds is 4. The van der Waals surface area contributed by atoms with E-state index in [2.05, 4.69) is 4.98 Å². The van der Waals surface area contributed by atoms with Crippen molar-refractivity contribution in [2.24, 2.45) is 0 Å². The number of pyridine rings is 1. The minimum Gasteiger partial charge on any atom is -0.480 e. The zero-order valence-corrected chi connectivity index (χ0v) is 12.4. The number of nitrogens with two attached hydrogens (primary N) is 1. The Hall–Kier alpha value is -2.41. The van der Waals surface area contributed by atoms with Gasteiger partial charge in [0.05, 0.1) is 23.3 Å². The zero-order valence-electron chi connectivity index (χ0n) is 11.6. The molecule has 1 aromatic heterocycles. The molecule has 6 nitrogen and oxygen atoms in total. The molecule has 0 spiro atoms. The monoisotopic (exact) mass is 305 g/mol. The SMILES string of the molecule is COc1nccc(N)c1C(=N)c1ccc(S(C)(=O)=O)cc1. The van der Waals surface area contributed by atoms with Crippen LogP contribution in [0.5, 0.6) is 5.88 Å². The topological polar surface area (TPSA) is 106 Å². The van der Waals surface area contributed by atoms with Gasteiger partial charge in [-0.2, -0.15) is 0 Å². The van der Waals surface area contributed by atoms with E-state index in [0.29, 0.717) is 16.8 Å². The number of nitrogens with one attached hydrogen (secondary N) is 1. The normalized spacial score (nSPS) is 11.1. The Kier molecular flexibility index (Phi) is 3.95. The van der Waals surface area contributed by atoms with Gasteiger partial charge in [0.1, 0.15) is 0 Å². The standard InChI is InChI=1S/C14H15N3O3S/c1-20-14-12(11(15)7-8-17-14)13(16)9-3-5-10(6-4-9)21(2,18)19/h3-8,16H,1-2H3,(H2,15,17). The van der Waals surface area contributed by atoms with Crippen LogP contribution in [-0.2, 0) is 9.84 Å². The molecule has 2 rings (SSSR count). The number of sulfone groups is 1. The van der Waals surface area contributed by atoms with Gasteiger partial charge in [-0.1, -0.05) is 12.1 Å². The molecule has 7 heteroatoms. The van der Waals surface area contributed by atoms with Crippen LogP contribution in [0, 0.1) is 5.41 Å². The quantitative estimate of drug-likeness (QED) is 0.832. The number of hydrogen-bond acceptors (Lipinski definition) is 6. The van der Waals surface area contributed by atoms with Gasteiger partial charge >= 0.3 is 0 Å². The van der Waals surface area contributed by atoms with Gasteiger partial charge in [-0.25, -0.2) is 13.4 Å². The first kappa shape index (κ1) is 15.0. The Labute approximate surface area is 123 Å². The van der Waals surface area contributed by atoms with Crippen molar-refractivity contribution in [2.75, 3.05) is 19.1 Å². The lowest BCUT2D eigenvalue weighted by molar-refractivity contribution is 0.397. The number of anilines is 1. The largest absolute Gasteiger partial charge is 0.480 e. The molecule has 1 aromatic carbocycles. The molecular weight excluding hydrogens is 290 g/mol. The molecule has 0 saturated heterocycles. The number of benzene rings is 1. The highest BCUT2D eigenvalue weighted by molar-refractivity contribution is 7.90. The van der Waals surface area contributed by atoms with Crippen LogP contribution in [0.15, 0.2) is 41.4 Å². The zero-order chi connectivity index (χ0) is 15.6. The fourth-order valence-corrected chi connectivity index (χ4v) is 2.51. The molecule has 0 aliphatic heterocycles. The molecule has 0 bridgehead atoms. The summed E-state index contributed by atoms with van der Waals surface area (Å²) in [7, 11) is -1.81. The maximum atomic E-state index is 11.4. The highest BCUT2D eigenvalue weighted by Crippen LogP contribution is 2.25. The molecule has 0 atom stereocenters. The summed E-state index contributed by atoms with van der Waals surface area (Å²) in [6, 6.07) is 7.61. The fraction of sp³-hybridized carbons (Fsp3) is 0.143. The van der Waals surface area contributed by atoms with E-state index in [9.17, 15) is 8.42 Å². The molecule has 2 aromatic rings. The number of hydrogen-bond donors (Lipinski definition) is 2. The molecule has 110 valence electrons. The second kappa shape index (κ2) is 5.53. The molecule has 0 saturated carbocycles. The smallest absolute Gasteiger partial charge is 0.224 e. The van der Waals surface area contributed by atoms with Crippen molar-refractivity contribution >= 4 is 21.2 Å². The molecular formula is C14H15N3O3S. The van der Waals surface area contributed by atoms with Gasteiger partial charge in [0, 0.05) is 23.7 Å². The van der Waals surface area contributed by atoms with E-state index < -0.39 is 9.84 Å². The van der Waals surface area contributed by atoms with Crippen LogP contribution in [0.1, 0.15) is 11.1 Å². The Morgan fingerprint density at radius 3 is 2.38 bits per heavy atom. The molecule has 0 aliphatic carbocycles. The minimum absolute atomic E-state index is 0.123. The summed E-state index contributed by atoms with van der Waals surface area (Å²) in [4.78, 5) is 4.22. The molecule has 0 fully saturated rings. The summed E-state index contributed by atoms with van der Waals surface area (Å²) in [6.45, 7) is 0. The Bertz CT molecular complexity index is 784. The average molecular weight is 305 g/mol. The number of methoxy groups -OCH3 is 1. The lowest BCUT2D eigenvalue weighted by Gasteiger charge is -2.11. The van der Waals surface area contributed by atoms with E-state index in [-0.39, 0.29) is 16.5 Å². The van der Waals surface area contributed by atoms with E-state index in [0.717, 1.165) is 6.26 Å². The molecule has 0 aliphatic rings. The Morgan fingerprint density at radius 1 is 1.24 bits per heavy atom. The summed E-state index contributed by atoms with van der Waals surface area (Å²) >= 11 is 0. The highest BCUT2D eigenvalue weighted by atomic mass is 32.2. The Morgan fingerprint density at radius 2 is 1.86 bits per heavy atom. The average Bonchev–Trinajstić information content (AvgIpc) is 2.45. The van der Waals surface area contributed by atoms with Crippen molar-refractivity contribution in [3.05, 3.63) is 47.7 Å². The molecule has 3 N–H and O–H groups in total. The van der Waals surface area contributed by atoms with Crippen molar-refractivity contribution in [2.45, 2.75) is 4.90 Å². The van der Waals surface area contributed by atoms with Crippen LogP contribution >= 0.6 is 0 Å². The van der Waals surface area contributed by atoms with Crippen LogP contribution in [-0.4, -0.2) is 32.5 Å². The number of aromatic nitrogens is 1. The summed E-state index contributed by atoms with van der Waals surface area (Å²) in [6.07, 6.45) is 2.63. The first-order valence-electron chi connectivity index (χ1n) is 6.02. The second-order valence-corrected chi connectivity index (χ2v) is 6.47. The lowest BCUT2D eigenvalue weighted by atomic mass is 10.0. The first-order valence-corrected chi connectivity index (χ1v) is 7.91. The van der Waals surface area contributed by atoms with Gasteiger partial charge in [0.25, 0.3) is 0 Å². The summed E-state index contributed by atoms with van der Waals surface area (Å²) < 4.78 is 28.0. The van der Waals surface area contributed by atoms with Crippen molar-refractivity contribution in [3.8, 4) is 5.88 Å². The molecule has 21 heavy (non-hydrogen) atoms. The predicted octanol–water partition coefficient (Wildman–Crippen LogP) is 1.49. The predicted molar refractivity (Wildman–Crippen MR) is 80.7 cm³/mol. The van der Waals surface area contributed by atoms with Crippen LogP contribution < -0.4 is 10.5 Å². The van der Waals surface area contributed by atoms with Crippen LogP contribution in [0.4, 0.5) is 5.69 Å². The van der Waals surface area contributed by atoms with Crippen LogP contribution in [0.2, 0.25) is 0 Å². The van der Waals surface area contributed by atoms with Crippen molar-refractivity contribution in [1.29, 1.82) is 5.41 Å². The maximum absolute atomic E-state index is 11.4. The number of ether oxygens (including phenoxy) is 1. The molecule has 0 radical (unpaired) electrons. The van der Waals surface area contributed by atoms with Crippen molar-refractivity contribution in [3.63, 3.8) is 0 Å². The summed E-state index contributed by atoms with van der Waals surface area (Å²) in [5.41, 5.74) is 7.28. The van der Waals surface area contributed by atoms with Gasteiger partial charge < -0.3 is 10.5 Å². The first-order chi connectivity index (χ1) is 9.84. The third-order valence-corrected chi connectivity index (χ3v) is 4.09. The summed E-state index contributed by atoms with van der Waals surface area (Å²) in [5, 5.41) is 8.23. The number of nitrogens with zero attached hydrogens (tertiary/aromatic N) is 1. The van der Waals surface area contributed by atoms with Crippen molar-refractivity contribution in [1.82, 2.24) is 4.98 Å². The van der Waals surface area contributed by atoms with E-state index in [1.54, 1.807) is 18.2 Å². The molecule has 0 amide bonds. The minimum atomic E-state index is -3.26. The third-order valence-electron chi connectivity index (χ3n) is 2.96. The van der Waals surface area contributed by atoms with E-state index in [4.69, 9.17) is 15.9 Å². The Balaban J connectivity index is 2.46. The molecule has 0 unspecified atom stereocenters.